The number of aromatic nitrogens is 3. The fourth-order valence-electron chi connectivity index (χ4n) is 2.19. The first kappa shape index (κ1) is 18.6. The minimum atomic E-state index is -4.56. The fourth-order valence-corrected chi connectivity index (χ4v) is 2.19. The molecule has 3 aromatic rings. The van der Waals surface area contributed by atoms with Crippen molar-refractivity contribution in [3.8, 4) is 5.69 Å². The second-order valence-corrected chi connectivity index (χ2v) is 5.34. The van der Waals surface area contributed by atoms with Crippen molar-refractivity contribution < 1.29 is 26.3 Å². The monoisotopic (exact) mass is 384 g/mol. The van der Waals surface area contributed by atoms with Crippen LogP contribution in [0, 0.1) is 0 Å². The molecule has 0 atom stereocenters. The molecule has 0 saturated heterocycles. The van der Waals surface area contributed by atoms with Crippen molar-refractivity contribution in [2.45, 2.75) is 12.4 Å². The zero-order chi connectivity index (χ0) is 19.7. The molecule has 0 fully saturated rings. The maximum Gasteiger partial charge on any atom is 0.433 e. The molecule has 0 radical (unpaired) electrons. The number of rotatable bonds is 2. The van der Waals surface area contributed by atoms with Crippen LogP contribution < -0.4 is 5.49 Å². The molecule has 0 aliphatic heterocycles. The largest absolute Gasteiger partial charge is 0.433 e. The topological polar surface area (TPSA) is 43.1 Å². The van der Waals surface area contributed by atoms with Crippen LogP contribution in [0.25, 0.3) is 5.69 Å². The van der Waals surface area contributed by atoms with Gasteiger partial charge < -0.3 is 4.57 Å². The Bertz CT molecular complexity index is 986. The van der Waals surface area contributed by atoms with E-state index in [-0.39, 0.29) is 11.2 Å². The molecule has 0 aromatic carbocycles. The van der Waals surface area contributed by atoms with Gasteiger partial charge in [-0.15, -0.1) is 0 Å². The Morgan fingerprint density at radius 1 is 0.741 bits per heavy atom. The van der Waals surface area contributed by atoms with Gasteiger partial charge in [-0.05, 0) is 36.4 Å². The molecule has 140 valence electrons. The van der Waals surface area contributed by atoms with Crippen molar-refractivity contribution in [2.75, 3.05) is 0 Å². The molecular weight excluding hydrogens is 374 g/mol. The zero-order valence-electron chi connectivity index (χ0n) is 13.3. The predicted octanol–water partition coefficient (Wildman–Crippen LogP) is 4.54. The van der Waals surface area contributed by atoms with E-state index in [4.69, 9.17) is 0 Å². The molecule has 3 rings (SSSR count). The summed E-state index contributed by atoms with van der Waals surface area (Å²) < 4.78 is 77.0. The summed E-state index contributed by atoms with van der Waals surface area (Å²) in [5.41, 5.74) is -1.34. The van der Waals surface area contributed by atoms with E-state index in [0.29, 0.717) is 5.69 Å². The average Bonchev–Trinajstić information content (AvgIpc) is 2.61. The maximum absolute atomic E-state index is 12.6. The molecule has 0 saturated carbocycles. The summed E-state index contributed by atoms with van der Waals surface area (Å²) in [6.07, 6.45) is -5.57. The van der Waals surface area contributed by atoms with E-state index in [0.717, 1.165) is 30.6 Å². The standard InChI is InChI=1S/C17H10F6N4/c18-16(19,20)13-6-4-11(9-24-13)26-15-3-1-2-8-27(15)12-5-7-14(25-10-12)17(21,22)23/h1-10H/b26-15+. The van der Waals surface area contributed by atoms with E-state index >= 15 is 0 Å². The van der Waals surface area contributed by atoms with Gasteiger partial charge in [-0.1, -0.05) is 6.07 Å². The van der Waals surface area contributed by atoms with Gasteiger partial charge in [0.15, 0.2) is 0 Å². The van der Waals surface area contributed by atoms with E-state index in [9.17, 15) is 26.3 Å². The Kier molecular flexibility index (Phi) is 4.73. The number of nitrogens with zero attached hydrogens (tertiary/aromatic N) is 4. The first-order valence-corrected chi connectivity index (χ1v) is 7.44. The first-order valence-electron chi connectivity index (χ1n) is 7.44. The van der Waals surface area contributed by atoms with Crippen molar-refractivity contribution in [2.24, 2.45) is 4.99 Å². The van der Waals surface area contributed by atoms with Gasteiger partial charge in [0.1, 0.15) is 16.9 Å². The van der Waals surface area contributed by atoms with Crippen LogP contribution in [0.5, 0.6) is 0 Å². The van der Waals surface area contributed by atoms with Gasteiger partial charge in [-0.2, -0.15) is 26.3 Å². The molecule has 0 N–H and O–H groups in total. The lowest BCUT2D eigenvalue weighted by Gasteiger charge is -2.09. The molecule has 0 aliphatic rings. The molecule has 0 unspecified atom stereocenters. The highest BCUT2D eigenvalue weighted by molar-refractivity contribution is 5.36. The summed E-state index contributed by atoms with van der Waals surface area (Å²) in [5, 5.41) is 0. The summed E-state index contributed by atoms with van der Waals surface area (Å²) in [5.74, 6) is 0. The summed E-state index contributed by atoms with van der Waals surface area (Å²) in [6.45, 7) is 0. The van der Waals surface area contributed by atoms with Gasteiger partial charge in [0.2, 0.25) is 0 Å². The molecular formula is C17H10F6N4. The average molecular weight is 384 g/mol. The highest BCUT2D eigenvalue weighted by Crippen LogP contribution is 2.28. The lowest BCUT2D eigenvalue weighted by molar-refractivity contribution is -0.141. The molecule has 0 bridgehead atoms. The van der Waals surface area contributed by atoms with Crippen LogP contribution in [0.15, 0.2) is 66.0 Å². The molecule has 3 aromatic heterocycles. The van der Waals surface area contributed by atoms with Gasteiger partial charge in [0.25, 0.3) is 0 Å². The molecule has 4 nitrogen and oxygen atoms in total. The summed E-state index contributed by atoms with van der Waals surface area (Å²) >= 11 is 0. The lowest BCUT2D eigenvalue weighted by Crippen LogP contribution is -2.18. The highest BCUT2D eigenvalue weighted by atomic mass is 19.4. The molecule has 0 spiro atoms. The van der Waals surface area contributed by atoms with Gasteiger partial charge >= 0.3 is 12.4 Å². The summed E-state index contributed by atoms with van der Waals surface area (Å²) in [4.78, 5) is 10.9. The van der Waals surface area contributed by atoms with E-state index in [1.165, 1.54) is 10.6 Å². The summed E-state index contributed by atoms with van der Waals surface area (Å²) in [7, 11) is 0. The molecule has 0 amide bonds. The van der Waals surface area contributed by atoms with Gasteiger partial charge in [-0.25, -0.2) is 15.0 Å². The van der Waals surface area contributed by atoms with Crippen LogP contribution in [0.1, 0.15) is 11.4 Å². The van der Waals surface area contributed by atoms with Crippen LogP contribution in [0.2, 0.25) is 0 Å². The zero-order valence-corrected chi connectivity index (χ0v) is 13.3. The lowest BCUT2D eigenvalue weighted by atomic mass is 10.3. The smallest absolute Gasteiger partial charge is 0.300 e. The number of hydrogen-bond acceptors (Lipinski definition) is 3. The Labute approximate surface area is 148 Å². The first-order chi connectivity index (χ1) is 12.6. The normalized spacial score (nSPS) is 13.0. The molecule has 0 aliphatic carbocycles. The number of pyridine rings is 3. The Morgan fingerprint density at radius 3 is 1.89 bits per heavy atom. The Morgan fingerprint density at radius 2 is 1.37 bits per heavy atom. The second-order valence-electron chi connectivity index (χ2n) is 5.34. The van der Waals surface area contributed by atoms with Crippen molar-refractivity contribution in [3.63, 3.8) is 0 Å². The van der Waals surface area contributed by atoms with Crippen LogP contribution in [-0.4, -0.2) is 14.5 Å². The number of hydrogen-bond donors (Lipinski definition) is 0. The van der Waals surface area contributed by atoms with E-state index in [1.807, 2.05) is 0 Å². The maximum atomic E-state index is 12.6. The van der Waals surface area contributed by atoms with Gasteiger partial charge in [0.05, 0.1) is 23.8 Å². The van der Waals surface area contributed by atoms with E-state index < -0.39 is 23.7 Å². The van der Waals surface area contributed by atoms with E-state index in [1.54, 1.807) is 24.4 Å². The van der Waals surface area contributed by atoms with Crippen LogP contribution in [-0.2, 0) is 12.4 Å². The van der Waals surface area contributed by atoms with Crippen LogP contribution >= 0.6 is 0 Å². The third-order valence-corrected chi connectivity index (χ3v) is 3.44. The predicted molar refractivity (Wildman–Crippen MR) is 83.0 cm³/mol. The second kappa shape index (κ2) is 6.86. The van der Waals surface area contributed by atoms with Crippen molar-refractivity contribution in [1.82, 2.24) is 14.5 Å². The van der Waals surface area contributed by atoms with E-state index in [2.05, 4.69) is 15.0 Å². The molecule has 10 heteroatoms. The van der Waals surface area contributed by atoms with Crippen LogP contribution in [0.4, 0.5) is 32.0 Å². The van der Waals surface area contributed by atoms with Crippen LogP contribution in [0.3, 0.4) is 0 Å². The minimum absolute atomic E-state index is 0.155. The Balaban J connectivity index is 2.00. The van der Waals surface area contributed by atoms with Crippen molar-refractivity contribution in [1.29, 1.82) is 0 Å². The SMILES string of the molecule is FC(F)(F)c1ccc(/N=c2\ccccn2-c2ccc(C(F)(F)F)nc2)cn1. The molecule has 27 heavy (non-hydrogen) atoms. The highest BCUT2D eigenvalue weighted by Gasteiger charge is 2.32. The minimum Gasteiger partial charge on any atom is -0.300 e. The number of alkyl halides is 6. The van der Waals surface area contributed by atoms with Gasteiger partial charge in [-0.3, -0.25) is 0 Å². The van der Waals surface area contributed by atoms with Crippen molar-refractivity contribution in [3.05, 3.63) is 77.9 Å². The fraction of sp³-hybridized carbons (Fsp3) is 0.118. The summed E-state index contributed by atoms with van der Waals surface area (Å²) in [6, 6.07) is 8.81. The quantitative estimate of drug-likeness (QED) is 0.609. The van der Waals surface area contributed by atoms with Crippen molar-refractivity contribution >= 4 is 5.69 Å². The third-order valence-electron chi connectivity index (χ3n) is 3.44. The Hall–Kier alpha value is -3.17. The van der Waals surface area contributed by atoms with Gasteiger partial charge in [0, 0.05) is 6.20 Å². The molecule has 3 heterocycles. The third kappa shape index (κ3) is 4.33. The number of halogens is 6.